The SMILES string of the molecule is CNCCCNc1ncc(C)c2c1c1ccc3ccccc3c1n2C. The molecule has 128 valence electrons. The summed E-state index contributed by atoms with van der Waals surface area (Å²) < 4.78 is 2.32. The third-order valence-electron chi connectivity index (χ3n) is 4.97. The molecule has 0 aliphatic carbocycles. The predicted molar refractivity (Wildman–Crippen MR) is 107 cm³/mol. The smallest absolute Gasteiger partial charge is 0.136 e. The molecule has 25 heavy (non-hydrogen) atoms. The van der Waals surface area contributed by atoms with E-state index in [1.165, 1.54) is 38.1 Å². The molecule has 4 rings (SSSR count). The van der Waals surface area contributed by atoms with Crippen molar-refractivity contribution in [2.75, 3.05) is 25.5 Å². The van der Waals surface area contributed by atoms with Gasteiger partial charge in [0.1, 0.15) is 5.82 Å². The lowest BCUT2D eigenvalue weighted by molar-refractivity contribution is 0.747. The second-order valence-corrected chi connectivity index (χ2v) is 6.64. The van der Waals surface area contributed by atoms with Gasteiger partial charge in [-0.2, -0.15) is 0 Å². The van der Waals surface area contributed by atoms with Gasteiger partial charge in [0.2, 0.25) is 0 Å². The number of benzene rings is 2. The first kappa shape index (κ1) is 15.9. The molecule has 2 aromatic carbocycles. The largest absolute Gasteiger partial charge is 0.369 e. The molecule has 4 aromatic rings. The Morgan fingerprint density at radius 3 is 2.68 bits per heavy atom. The third kappa shape index (κ3) is 2.53. The van der Waals surface area contributed by atoms with Crippen LogP contribution in [0.2, 0.25) is 0 Å². The Kier molecular flexibility index (Phi) is 4.06. The molecule has 0 saturated carbocycles. The van der Waals surface area contributed by atoms with Crippen LogP contribution in [0.15, 0.2) is 42.6 Å². The van der Waals surface area contributed by atoms with Gasteiger partial charge in [-0.05, 0) is 37.9 Å². The van der Waals surface area contributed by atoms with Crippen molar-refractivity contribution >= 4 is 38.4 Å². The zero-order valence-corrected chi connectivity index (χ0v) is 15.1. The molecule has 4 heteroatoms. The molecule has 2 N–H and O–H groups in total. The van der Waals surface area contributed by atoms with E-state index in [1.54, 1.807) is 0 Å². The minimum absolute atomic E-state index is 0.913. The molecule has 0 amide bonds. The summed E-state index contributed by atoms with van der Waals surface area (Å²) in [6.45, 7) is 4.05. The number of rotatable bonds is 5. The molecule has 0 bridgehead atoms. The quantitative estimate of drug-likeness (QED) is 0.538. The summed E-state index contributed by atoms with van der Waals surface area (Å²) >= 11 is 0. The number of anilines is 1. The summed E-state index contributed by atoms with van der Waals surface area (Å²) in [5.74, 6) is 0.984. The van der Waals surface area contributed by atoms with Gasteiger partial charge in [0.15, 0.2) is 0 Å². The number of hydrogen-bond donors (Lipinski definition) is 2. The van der Waals surface area contributed by atoms with E-state index in [2.05, 4.69) is 65.6 Å². The second kappa shape index (κ2) is 6.37. The van der Waals surface area contributed by atoms with Crippen LogP contribution in [0.5, 0.6) is 0 Å². The zero-order valence-electron chi connectivity index (χ0n) is 15.1. The Bertz CT molecular complexity index is 1060. The number of hydrogen-bond acceptors (Lipinski definition) is 3. The molecule has 2 aromatic heterocycles. The standard InChI is InChI=1S/C21H24N4/c1-14-13-24-21(23-12-6-11-22-2)18-17-10-9-15-7-4-5-8-16(15)20(17)25(3)19(14)18/h4-5,7-10,13,22H,6,11-12H2,1-3H3,(H,23,24). The molecule has 0 aliphatic rings. The van der Waals surface area contributed by atoms with E-state index in [-0.39, 0.29) is 0 Å². The maximum absolute atomic E-state index is 4.70. The van der Waals surface area contributed by atoms with Gasteiger partial charge in [-0.3, -0.25) is 0 Å². The normalized spacial score (nSPS) is 11.6. The number of aromatic nitrogens is 2. The van der Waals surface area contributed by atoms with Gasteiger partial charge < -0.3 is 15.2 Å². The fourth-order valence-corrected chi connectivity index (χ4v) is 3.82. The lowest BCUT2D eigenvalue weighted by Gasteiger charge is -2.09. The summed E-state index contributed by atoms with van der Waals surface area (Å²) in [6, 6.07) is 13.0. The van der Waals surface area contributed by atoms with Gasteiger partial charge in [-0.25, -0.2) is 4.98 Å². The average Bonchev–Trinajstić information content (AvgIpc) is 2.95. The van der Waals surface area contributed by atoms with Crippen LogP contribution in [0.4, 0.5) is 5.82 Å². The van der Waals surface area contributed by atoms with E-state index in [9.17, 15) is 0 Å². The zero-order chi connectivity index (χ0) is 17.4. The van der Waals surface area contributed by atoms with Crippen molar-refractivity contribution in [2.24, 2.45) is 7.05 Å². The second-order valence-electron chi connectivity index (χ2n) is 6.64. The van der Waals surface area contributed by atoms with E-state index < -0.39 is 0 Å². The summed E-state index contributed by atoms with van der Waals surface area (Å²) in [4.78, 5) is 4.70. The van der Waals surface area contributed by atoms with E-state index in [0.717, 1.165) is 25.3 Å². The van der Waals surface area contributed by atoms with E-state index in [0.29, 0.717) is 0 Å². The Balaban J connectivity index is 1.98. The number of pyridine rings is 1. The Morgan fingerprint density at radius 1 is 1.00 bits per heavy atom. The van der Waals surface area contributed by atoms with Crippen LogP contribution in [0, 0.1) is 6.92 Å². The highest BCUT2D eigenvalue weighted by atomic mass is 15.0. The van der Waals surface area contributed by atoms with Gasteiger partial charge in [0.25, 0.3) is 0 Å². The first-order valence-electron chi connectivity index (χ1n) is 8.86. The summed E-state index contributed by atoms with van der Waals surface area (Å²) in [6.07, 6.45) is 3.05. The molecular formula is C21H24N4. The van der Waals surface area contributed by atoms with Gasteiger partial charge in [-0.15, -0.1) is 0 Å². The van der Waals surface area contributed by atoms with Crippen molar-refractivity contribution in [3.05, 3.63) is 48.2 Å². The maximum atomic E-state index is 4.70. The number of fused-ring (bicyclic) bond motifs is 5. The number of aryl methyl sites for hydroxylation is 2. The van der Waals surface area contributed by atoms with Crippen LogP contribution in [-0.2, 0) is 7.05 Å². The van der Waals surface area contributed by atoms with Crippen molar-refractivity contribution in [3.8, 4) is 0 Å². The molecule has 4 nitrogen and oxygen atoms in total. The number of nitrogens with one attached hydrogen (secondary N) is 2. The summed E-state index contributed by atoms with van der Waals surface area (Å²) in [7, 11) is 4.15. The third-order valence-corrected chi connectivity index (χ3v) is 4.97. The molecule has 0 atom stereocenters. The average molecular weight is 332 g/mol. The molecule has 0 aliphatic heterocycles. The lowest BCUT2D eigenvalue weighted by atomic mass is 10.1. The highest BCUT2D eigenvalue weighted by Crippen LogP contribution is 2.37. The summed E-state index contributed by atoms with van der Waals surface area (Å²) in [5.41, 5.74) is 3.75. The van der Waals surface area contributed by atoms with Crippen molar-refractivity contribution < 1.29 is 0 Å². The van der Waals surface area contributed by atoms with Gasteiger partial charge >= 0.3 is 0 Å². The highest BCUT2D eigenvalue weighted by Gasteiger charge is 2.16. The molecule has 0 fully saturated rings. The fourth-order valence-electron chi connectivity index (χ4n) is 3.82. The Labute approximate surface area is 147 Å². The van der Waals surface area contributed by atoms with Gasteiger partial charge in [0, 0.05) is 30.6 Å². The first-order chi connectivity index (χ1) is 12.2. The monoisotopic (exact) mass is 332 g/mol. The molecule has 0 spiro atoms. The van der Waals surface area contributed by atoms with Gasteiger partial charge in [0.05, 0.1) is 16.4 Å². The van der Waals surface area contributed by atoms with Crippen molar-refractivity contribution in [1.29, 1.82) is 0 Å². The number of nitrogens with zero attached hydrogens (tertiary/aromatic N) is 2. The molecule has 0 radical (unpaired) electrons. The van der Waals surface area contributed by atoms with Crippen LogP contribution >= 0.6 is 0 Å². The minimum atomic E-state index is 0.913. The van der Waals surface area contributed by atoms with Crippen LogP contribution < -0.4 is 10.6 Å². The van der Waals surface area contributed by atoms with Crippen molar-refractivity contribution in [3.63, 3.8) is 0 Å². The van der Waals surface area contributed by atoms with Gasteiger partial charge in [-0.1, -0.05) is 36.4 Å². The van der Waals surface area contributed by atoms with Crippen LogP contribution in [0.25, 0.3) is 32.6 Å². The van der Waals surface area contributed by atoms with Crippen molar-refractivity contribution in [2.45, 2.75) is 13.3 Å². The van der Waals surface area contributed by atoms with Crippen LogP contribution in [-0.4, -0.2) is 29.7 Å². The summed E-state index contributed by atoms with van der Waals surface area (Å²) in [5, 5.41) is 11.8. The minimum Gasteiger partial charge on any atom is -0.369 e. The Hall–Kier alpha value is -2.59. The molecular weight excluding hydrogens is 308 g/mol. The molecule has 0 saturated heterocycles. The van der Waals surface area contributed by atoms with Crippen LogP contribution in [0.3, 0.4) is 0 Å². The van der Waals surface area contributed by atoms with Crippen LogP contribution in [0.1, 0.15) is 12.0 Å². The fraction of sp³-hybridized carbons (Fsp3) is 0.286. The van der Waals surface area contributed by atoms with Crippen molar-refractivity contribution in [1.82, 2.24) is 14.9 Å². The predicted octanol–water partition coefficient (Wildman–Crippen LogP) is 4.21. The molecule has 2 heterocycles. The lowest BCUT2D eigenvalue weighted by Crippen LogP contribution is -2.13. The van der Waals surface area contributed by atoms with E-state index in [4.69, 9.17) is 4.98 Å². The highest BCUT2D eigenvalue weighted by molar-refractivity contribution is 6.21. The molecule has 0 unspecified atom stereocenters. The van der Waals surface area contributed by atoms with E-state index >= 15 is 0 Å². The first-order valence-corrected chi connectivity index (χ1v) is 8.86. The maximum Gasteiger partial charge on any atom is 0.136 e. The van der Waals surface area contributed by atoms with E-state index in [1.807, 2.05) is 13.2 Å². The topological polar surface area (TPSA) is 41.9 Å². The Morgan fingerprint density at radius 2 is 1.84 bits per heavy atom.